The van der Waals surface area contributed by atoms with Gasteiger partial charge < -0.3 is 15.4 Å². The molecule has 0 unspecified atom stereocenters. The number of rotatable bonds is 9. The minimum absolute atomic E-state index is 0.128. The van der Waals surface area contributed by atoms with Crippen LogP contribution in [0, 0.1) is 0 Å². The summed E-state index contributed by atoms with van der Waals surface area (Å²) >= 11 is 0. The SMILES string of the molecule is NS(=O)(=O)c1cccc(NC(=O)COC(=O)c2ccccc2NCCC2=CCCCC2)c1. The minimum Gasteiger partial charge on any atom is -0.452 e. The van der Waals surface area contributed by atoms with Crippen LogP contribution in [0.1, 0.15) is 42.5 Å². The lowest BCUT2D eigenvalue weighted by atomic mass is 9.97. The molecule has 2 aromatic carbocycles. The van der Waals surface area contributed by atoms with Crippen LogP contribution < -0.4 is 15.8 Å². The van der Waals surface area contributed by atoms with Gasteiger partial charge in [0.2, 0.25) is 10.0 Å². The van der Waals surface area contributed by atoms with Crippen molar-refractivity contribution >= 4 is 33.3 Å². The predicted octanol–water partition coefficient (Wildman–Crippen LogP) is 3.43. The Hall–Kier alpha value is -3.17. The monoisotopic (exact) mass is 457 g/mol. The molecule has 170 valence electrons. The summed E-state index contributed by atoms with van der Waals surface area (Å²) in [5.74, 6) is -1.22. The zero-order chi connectivity index (χ0) is 23.0. The number of hydrogen-bond acceptors (Lipinski definition) is 6. The second kappa shape index (κ2) is 10.9. The van der Waals surface area contributed by atoms with Gasteiger partial charge in [0.1, 0.15) is 0 Å². The highest BCUT2D eigenvalue weighted by molar-refractivity contribution is 7.89. The zero-order valence-electron chi connectivity index (χ0n) is 17.7. The van der Waals surface area contributed by atoms with E-state index in [1.54, 1.807) is 18.2 Å². The van der Waals surface area contributed by atoms with E-state index < -0.39 is 28.5 Å². The molecule has 9 heteroatoms. The number of nitrogens with one attached hydrogen (secondary N) is 2. The Morgan fingerprint density at radius 1 is 1.06 bits per heavy atom. The van der Waals surface area contributed by atoms with E-state index in [0.29, 0.717) is 17.8 Å². The Labute approximate surface area is 187 Å². The van der Waals surface area contributed by atoms with E-state index in [1.807, 2.05) is 6.07 Å². The van der Waals surface area contributed by atoms with Crippen molar-refractivity contribution in [2.24, 2.45) is 5.14 Å². The van der Waals surface area contributed by atoms with Crippen LogP contribution >= 0.6 is 0 Å². The zero-order valence-corrected chi connectivity index (χ0v) is 18.5. The fourth-order valence-electron chi connectivity index (χ4n) is 3.46. The standard InChI is InChI=1S/C23H27N3O5S/c24-32(29,30)19-10-6-9-18(15-19)26-22(27)16-31-23(28)20-11-4-5-12-21(20)25-14-13-17-7-2-1-3-8-17/h4-7,9-12,15,25H,1-3,8,13-14,16H2,(H,26,27)(H2,24,29,30). The van der Waals surface area contributed by atoms with Crippen LogP contribution in [-0.4, -0.2) is 33.4 Å². The van der Waals surface area contributed by atoms with Gasteiger partial charge in [0.25, 0.3) is 5.91 Å². The molecule has 0 fully saturated rings. The quantitative estimate of drug-likeness (QED) is 0.391. The van der Waals surface area contributed by atoms with E-state index >= 15 is 0 Å². The summed E-state index contributed by atoms with van der Waals surface area (Å²) in [6.07, 6.45) is 7.94. The van der Waals surface area contributed by atoms with Crippen molar-refractivity contribution in [1.82, 2.24) is 0 Å². The second-order valence-corrected chi connectivity index (χ2v) is 9.09. The van der Waals surface area contributed by atoms with Gasteiger partial charge in [0, 0.05) is 17.9 Å². The summed E-state index contributed by atoms with van der Waals surface area (Å²) in [7, 11) is -3.89. The maximum atomic E-state index is 12.5. The Bertz CT molecular complexity index is 1110. The topological polar surface area (TPSA) is 128 Å². The van der Waals surface area contributed by atoms with Crippen molar-refractivity contribution in [1.29, 1.82) is 0 Å². The van der Waals surface area contributed by atoms with Crippen molar-refractivity contribution in [3.8, 4) is 0 Å². The van der Waals surface area contributed by atoms with Gasteiger partial charge in [0.15, 0.2) is 6.61 Å². The number of ether oxygens (including phenoxy) is 1. The highest BCUT2D eigenvalue weighted by Gasteiger charge is 2.15. The summed E-state index contributed by atoms with van der Waals surface area (Å²) in [4.78, 5) is 24.5. The maximum Gasteiger partial charge on any atom is 0.340 e. The fraction of sp³-hybridized carbons (Fsp3) is 0.304. The Morgan fingerprint density at radius 3 is 2.62 bits per heavy atom. The maximum absolute atomic E-state index is 12.5. The minimum atomic E-state index is -3.89. The van der Waals surface area contributed by atoms with E-state index in [1.165, 1.54) is 42.7 Å². The third-order valence-corrected chi connectivity index (χ3v) is 5.99. The Balaban J connectivity index is 1.53. The third-order valence-electron chi connectivity index (χ3n) is 5.07. The molecule has 0 radical (unpaired) electrons. The molecule has 1 aliphatic rings. The van der Waals surface area contributed by atoms with Gasteiger partial charge in [-0.1, -0.05) is 29.8 Å². The fourth-order valence-corrected chi connectivity index (χ4v) is 4.02. The van der Waals surface area contributed by atoms with Crippen molar-refractivity contribution in [2.45, 2.75) is 37.0 Å². The second-order valence-electron chi connectivity index (χ2n) is 7.53. The Morgan fingerprint density at radius 2 is 1.88 bits per heavy atom. The molecule has 0 aromatic heterocycles. The number of amides is 1. The average molecular weight is 458 g/mol. The van der Waals surface area contributed by atoms with Gasteiger partial charge >= 0.3 is 5.97 Å². The van der Waals surface area contributed by atoms with Crippen LogP contribution in [0.5, 0.6) is 0 Å². The first-order chi connectivity index (χ1) is 15.3. The summed E-state index contributed by atoms with van der Waals surface area (Å²) < 4.78 is 28.0. The number of allylic oxidation sites excluding steroid dienone is 1. The molecule has 3 rings (SSSR count). The van der Waals surface area contributed by atoms with Crippen LogP contribution in [0.2, 0.25) is 0 Å². The van der Waals surface area contributed by atoms with Gasteiger partial charge in [-0.25, -0.2) is 18.4 Å². The summed E-state index contributed by atoms with van der Waals surface area (Å²) in [6, 6.07) is 12.5. The van der Waals surface area contributed by atoms with E-state index in [2.05, 4.69) is 16.7 Å². The van der Waals surface area contributed by atoms with Gasteiger partial charge in [-0.2, -0.15) is 0 Å². The lowest BCUT2D eigenvalue weighted by molar-refractivity contribution is -0.119. The van der Waals surface area contributed by atoms with E-state index in [9.17, 15) is 18.0 Å². The van der Waals surface area contributed by atoms with Gasteiger partial charge in [-0.3, -0.25) is 4.79 Å². The lowest BCUT2D eigenvalue weighted by Crippen LogP contribution is -2.22. The molecule has 0 aliphatic heterocycles. The normalized spacial score (nSPS) is 13.7. The molecular formula is C23H27N3O5S. The van der Waals surface area contributed by atoms with Crippen LogP contribution in [0.15, 0.2) is 65.1 Å². The highest BCUT2D eigenvalue weighted by atomic mass is 32.2. The molecule has 32 heavy (non-hydrogen) atoms. The summed E-state index contributed by atoms with van der Waals surface area (Å²) in [5, 5.41) is 10.9. The van der Waals surface area contributed by atoms with Crippen LogP contribution in [-0.2, 0) is 19.6 Å². The van der Waals surface area contributed by atoms with Gasteiger partial charge in [0.05, 0.1) is 10.5 Å². The number of carbonyl (C=O) groups is 2. The number of primary sulfonamides is 1. The van der Waals surface area contributed by atoms with E-state index in [4.69, 9.17) is 9.88 Å². The number of sulfonamides is 1. The molecule has 0 heterocycles. The molecule has 0 saturated heterocycles. The molecule has 1 aliphatic carbocycles. The highest BCUT2D eigenvalue weighted by Crippen LogP contribution is 2.21. The molecule has 8 nitrogen and oxygen atoms in total. The van der Waals surface area contributed by atoms with Crippen molar-refractivity contribution in [2.75, 3.05) is 23.8 Å². The number of hydrogen-bond donors (Lipinski definition) is 3. The first kappa shape index (κ1) is 23.5. The number of nitrogens with two attached hydrogens (primary N) is 1. The average Bonchev–Trinajstić information content (AvgIpc) is 2.78. The molecule has 4 N–H and O–H groups in total. The molecular weight excluding hydrogens is 430 g/mol. The van der Waals surface area contributed by atoms with E-state index in [-0.39, 0.29) is 10.6 Å². The van der Waals surface area contributed by atoms with Crippen LogP contribution in [0.4, 0.5) is 11.4 Å². The predicted molar refractivity (Wildman–Crippen MR) is 123 cm³/mol. The smallest absolute Gasteiger partial charge is 0.340 e. The molecule has 0 spiro atoms. The number of para-hydroxylation sites is 1. The van der Waals surface area contributed by atoms with Crippen molar-refractivity contribution in [3.63, 3.8) is 0 Å². The third kappa shape index (κ3) is 6.93. The Kier molecular flexibility index (Phi) is 8.02. The van der Waals surface area contributed by atoms with Crippen LogP contribution in [0.3, 0.4) is 0 Å². The number of benzene rings is 2. The molecule has 2 aromatic rings. The molecule has 1 amide bonds. The lowest BCUT2D eigenvalue weighted by Gasteiger charge is -2.15. The first-order valence-corrected chi connectivity index (χ1v) is 12.0. The van der Waals surface area contributed by atoms with E-state index in [0.717, 1.165) is 19.3 Å². The summed E-state index contributed by atoms with van der Waals surface area (Å²) in [6.45, 7) is 0.191. The van der Waals surface area contributed by atoms with Crippen molar-refractivity contribution in [3.05, 3.63) is 65.7 Å². The van der Waals surface area contributed by atoms with Gasteiger partial charge in [-0.15, -0.1) is 0 Å². The number of anilines is 2. The number of carbonyl (C=O) groups excluding carboxylic acids is 2. The number of esters is 1. The molecule has 0 bridgehead atoms. The van der Waals surface area contributed by atoms with Crippen molar-refractivity contribution < 1.29 is 22.7 Å². The molecule has 0 saturated carbocycles. The summed E-state index contributed by atoms with van der Waals surface area (Å²) in [5.41, 5.74) is 2.66. The first-order valence-electron chi connectivity index (χ1n) is 10.4. The van der Waals surface area contributed by atoms with Crippen LogP contribution in [0.25, 0.3) is 0 Å². The molecule has 0 atom stereocenters. The largest absolute Gasteiger partial charge is 0.452 e. The van der Waals surface area contributed by atoms with Gasteiger partial charge in [-0.05, 0) is 62.4 Å².